The summed E-state index contributed by atoms with van der Waals surface area (Å²) in [6.45, 7) is 0.508. The number of amides is 1. The summed E-state index contributed by atoms with van der Waals surface area (Å²) >= 11 is 0. The van der Waals surface area contributed by atoms with Gasteiger partial charge in [-0.05, 0) is 68.2 Å². The highest BCUT2D eigenvalue weighted by Crippen LogP contribution is 2.20. The fourth-order valence-electron chi connectivity index (χ4n) is 3.09. The smallest absolute Gasteiger partial charge is 0.251 e. The van der Waals surface area contributed by atoms with Crippen molar-refractivity contribution in [3.05, 3.63) is 101 Å². The molecule has 0 bridgehead atoms. The van der Waals surface area contributed by atoms with Gasteiger partial charge in [-0.15, -0.1) is 0 Å². The van der Waals surface area contributed by atoms with Gasteiger partial charge in [0.05, 0.1) is 13.2 Å². The molecule has 0 radical (unpaired) electrons. The first-order chi connectivity index (χ1) is 14.6. The van der Waals surface area contributed by atoms with Gasteiger partial charge in [-0.3, -0.25) is 4.79 Å². The van der Waals surface area contributed by atoms with E-state index in [1.807, 2.05) is 93.0 Å². The molecule has 1 unspecified atom stereocenters. The van der Waals surface area contributed by atoms with Crippen molar-refractivity contribution < 1.29 is 9.53 Å². The molecule has 1 amide bonds. The van der Waals surface area contributed by atoms with Crippen molar-refractivity contribution in [2.45, 2.75) is 6.04 Å². The second kappa shape index (κ2) is 10.3. The highest BCUT2D eigenvalue weighted by atomic mass is 16.5. The van der Waals surface area contributed by atoms with Gasteiger partial charge in [-0.1, -0.05) is 42.2 Å². The average molecular weight is 399 g/mol. The summed E-state index contributed by atoms with van der Waals surface area (Å²) in [5.74, 6) is 6.96. The molecule has 0 aliphatic heterocycles. The lowest BCUT2D eigenvalue weighted by atomic mass is 10.1. The number of methoxy groups -OCH3 is 1. The summed E-state index contributed by atoms with van der Waals surface area (Å²) in [4.78, 5) is 14.7. The van der Waals surface area contributed by atoms with E-state index in [1.165, 1.54) is 0 Å². The molecular weight excluding hydrogens is 372 g/mol. The highest BCUT2D eigenvalue weighted by molar-refractivity contribution is 5.94. The van der Waals surface area contributed by atoms with Crippen LogP contribution in [-0.4, -0.2) is 38.6 Å². The molecule has 0 aromatic heterocycles. The first-order valence-electron chi connectivity index (χ1n) is 9.82. The average Bonchev–Trinajstić information content (AvgIpc) is 2.79. The maximum atomic E-state index is 12.6. The van der Waals surface area contributed by atoms with Crippen molar-refractivity contribution in [1.82, 2.24) is 10.2 Å². The van der Waals surface area contributed by atoms with E-state index in [9.17, 15) is 4.79 Å². The number of benzene rings is 3. The number of likely N-dealkylation sites (N-methyl/N-ethyl adjacent to an activating group) is 1. The molecule has 1 atom stereocenters. The van der Waals surface area contributed by atoms with Gasteiger partial charge < -0.3 is 15.0 Å². The Kier molecular flexibility index (Phi) is 7.26. The molecule has 3 aromatic rings. The van der Waals surface area contributed by atoms with E-state index < -0.39 is 0 Å². The van der Waals surface area contributed by atoms with Crippen LogP contribution in [-0.2, 0) is 0 Å². The van der Waals surface area contributed by atoms with E-state index in [0.717, 1.165) is 22.4 Å². The predicted molar refractivity (Wildman–Crippen MR) is 121 cm³/mol. The zero-order valence-electron chi connectivity index (χ0n) is 17.6. The zero-order chi connectivity index (χ0) is 21.3. The van der Waals surface area contributed by atoms with Gasteiger partial charge in [0, 0.05) is 23.2 Å². The molecule has 0 aliphatic rings. The third-order valence-corrected chi connectivity index (χ3v) is 4.85. The van der Waals surface area contributed by atoms with Crippen molar-refractivity contribution in [2.75, 3.05) is 27.7 Å². The number of rotatable bonds is 6. The van der Waals surface area contributed by atoms with Crippen LogP contribution in [0.15, 0.2) is 78.9 Å². The summed E-state index contributed by atoms with van der Waals surface area (Å²) in [6.07, 6.45) is 0. The van der Waals surface area contributed by atoms with Gasteiger partial charge in [0.15, 0.2) is 0 Å². The third-order valence-electron chi connectivity index (χ3n) is 4.85. The minimum absolute atomic E-state index is 0.0656. The van der Waals surface area contributed by atoms with E-state index in [1.54, 1.807) is 7.11 Å². The Morgan fingerprint density at radius 2 is 1.50 bits per heavy atom. The van der Waals surface area contributed by atoms with E-state index >= 15 is 0 Å². The third kappa shape index (κ3) is 5.73. The maximum Gasteiger partial charge on any atom is 0.251 e. The lowest BCUT2D eigenvalue weighted by Crippen LogP contribution is -2.34. The fraction of sp³-hybridized carbons (Fsp3) is 0.192. The molecule has 3 aromatic carbocycles. The molecule has 3 rings (SSSR count). The number of nitrogens with zero attached hydrogens (tertiary/aromatic N) is 1. The number of carbonyl (C=O) groups excluding carboxylic acids is 1. The van der Waals surface area contributed by atoms with Crippen molar-refractivity contribution in [2.24, 2.45) is 0 Å². The largest absolute Gasteiger partial charge is 0.497 e. The first-order valence-corrected chi connectivity index (χ1v) is 9.82. The van der Waals surface area contributed by atoms with Crippen LogP contribution < -0.4 is 10.1 Å². The molecule has 4 nitrogen and oxygen atoms in total. The lowest BCUT2D eigenvalue weighted by Gasteiger charge is -2.25. The van der Waals surface area contributed by atoms with E-state index in [2.05, 4.69) is 22.1 Å². The van der Waals surface area contributed by atoms with E-state index in [0.29, 0.717) is 12.1 Å². The van der Waals surface area contributed by atoms with Crippen molar-refractivity contribution in [3.63, 3.8) is 0 Å². The SMILES string of the molecule is COc1ccc(C(CNC(=O)c2ccc(C#Cc3ccccc3)cc2)N(C)C)cc1. The van der Waals surface area contributed by atoms with E-state index in [4.69, 9.17) is 4.74 Å². The Labute approximate surface area is 178 Å². The van der Waals surface area contributed by atoms with Gasteiger partial charge in [0.25, 0.3) is 5.91 Å². The van der Waals surface area contributed by atoms with Crippen LogP contribution in [0.3, 0.4) is 0 Å². The molecule has 0 spiro atoms. The number of hydrogen-bond acceptors (Lipinski definition) is 3. The first kappa shape index (κ1) is 21.2. The molecule has 0 saturated carbocycles. The number of ether oxygens (including phenoxy) is 1. The minimum Gasteiger partial charge on any atom is -0.497 e. The van der Waals surface area contributed by atoms with Gasteiger partial charge in [0.1, 0.15) is 5.75 Å². The number of hydrogen-bond donors (Lipinski definition) is 1. The minimum atomic E-state index is -0.0991. The van der Waals surface area contributed by atoms with Crippen molar-refractivity contribution in [3.8, 4) is 17.6 Å². The molecule has 0 saturated heterocycles. The molecule has 0 heterocycles. The normalized spacial score (nSPS) is 11.3. The molecule has 0 aliphatic carbocycles. The topological polar surface area (TPSA) is 41.6 Å². The lowest BCUT2D eigenvalue weighted by molar-refractivity contribution is 0.0942. The Morgan fingerprint density at radius 1 is 0.900 bits per heavy atom. The van der Waals surface area contributed by atoms with Crippen LogP contribution in [0.25, 0.3) is 0 Å². The second-order valence-corrected chi connectivity index (χ2v) is 7.16. The Balaban J connectivity index is 1.62. The van der Waals surface area contributed by atoms with Crippen molar-refractivity contribution >= 4 is 5.91 Å². The Morgan fingerprint density at radius 3 is 2.07 bits per heavy atom. The molecule has 4 heteroatoms. The van der Waals surface area contributed by atoms with Crippen LogP contribution in [0.2, 0.25) is 0 Å². The van der Waals surface area contributed by atoms with Crippen LogP contribution in [0, 0.1) is 11.8 Å². The summed E-state index contributed by atoms with van der Waals surface area (Å²) in [5, 5.41) is 3.04. The van der Waals surface area contributed by atoms with Gasteiger partial charge in [-0.2, -0.15) is 0 Å². The van der Waals surface area contributed by atoms with E-state index in [-0.39, 0.29) is 11.9 Å². The summed E-state index contributed by atoms with van der Waals surface area (Å²) in [5.41, 5.74) is 3.58. The fourth-order valence-corrected chi connectivity index (χ4v) is 3.09. The highest BCUT2D eigenvalue weighted by Gasteiger charge is 2.16. The van der Waals surface area contributed by atoms with Crippen LogP contribution in [0.1, 0.15) is 33.1 Å². The Bertz CT molecular complexity index is 1010. The zero-order valence-corrected chi connectivity index (χ0v) is 17.6. The molecule has 30 heavy (non-hydrogen) atoms. The standard InChI is InChI=1S/C26H26N2O2/c1-28(2)25(22-15-17-24(30-3)18-16-22)19-27-26(29)23-13-11-21(12-14-23)10-9-20-7-5-4-6-8-20/h4-8,11-18,25H,19H2,1-3H3,(H,27,29). The molecule has 0 fully saturated rings. The monoisotopic (exact) mass is 398 g/mol. The van der Waals surface area contributed by atoms with Crippen LogP contribution in [0.5, 0.6) is 5.75 Å². The quantitative estimate of drug-likeness (QED) is 0.635. The maximum absolute atomic E-state index is 12.6. The Hall–Kier alpha value is -3.55. The van der Waals surface area contributed by atoms with Gasteiger partial charge in [0.2, 0.25) is 0 Å². The predicted octanol–water partition coefficient (Wildman–Crippen LogP) is 4.13. The summed E-state index contributed by atoms with van der Waals surface area (Å²) in [7, 11) is 5.65. The molecular formula is C26H26N2O2. The molecule has 152 valence electrons. The van der Waals surface area contributed by atoms with Crippen molar-refractivity contribution in [1.29, 1.82) is 0 Å². The number of nitrogens with one attached hydrogen (secondary N) is 1. The van der Waals surface area contributed by atoms with Gasteiger partial charge in [-0.25, -0.2) is 0 Å². The number of carbonyl (C=O) groups is 1. The molecule has 1 N–H and O–H groups in total. The van der Waals surface area contributed by atoms with Crippen LogP contribution >= 0.6 is 0 Å². The second-order valence-electron chi connectivity index (χ2n) is 7.16. The summed E-state index contributed by atoms with van der Waals surface area (Å²) < 4.78 is 5.22. The van der Waals surface area contributed by atoms with Crippen LogP contribution in [0.4, 0.5) is 0 Å². The van der Waals surface area contributed by atoms with Gasteiger partial charge >= 0.3 is 0 Å². The summed E-state index contributed by atoms with van der Waals surface area (Å²) in [6, 6.07) is 25.2.